The van der Waals surface area contributed by atoms with E-state index < -0.39 is 17.7 Å². The van der Waals surface area contributed by atoms with Gasteiger partial charge < -0.3 is 14.7 Å². The molecule has 2 aliphatic rings. The van der Waals surface area contributed by atoms with E-state index in [2.05, 4.69) is 9.88 Å². The molecule has 1 saturated heterocycles. The lowest BCUT2D eigenvalue weighted by molar-refractivity contribution is -0.131. The van der Waals surface area contributed by atoms with Gasteiger partial charge in [0.15, 0.2) is 0 Å². The minimum Gasteiger partial charge on any atom is -0.478 e. The zero-order valence-electron chi connectivity index (χ0n) is 18.9. The van der Waals surface area contributed by atoms with Crippen LogP contribution in [0.25, 0.3) is 6.08 Å². The van der Waals surface area contributed by atoms with Crippen molar-refractivity contribution in [3.63, 3.8) is 0 Å². The second-order valence-electron chi connectivity index (χ2n) is 9.68. The molecule has 1 saturated carbocycles. The van der Waals surface area contributed by atoms with E-state index in [4.69, 9.17) is 9.84 Å². The van der Waals surface area contributed by atoms with Crippen LogP contribution in [-0.2, 0) is 9.53 Å². The smallest absolute Gasteiger partial charge is 0.416 e. The summed E-state index contributed by atoms with van der Waals surface area (Å²) in [5.41, 5.74) is 0.0699. The monoisotopic (exact) mass is 429 g/mol. The summed E-state index contributed by atoms with van der Waals surface area (Å²) in [5.74, 6) is 0.288. The fraction of sp³-hybridized carbons (Fsp3) is 0.625. The van der Waals surface area contributed by atoms with Crippen molar-refractivity contribution in [1.29, 1.82) is 0 Å². The molecule has 2 heterocycles. The molecule has 1 aromatic heterocycles. The van der Waals surface area contributed by atoms with Crippen LogP contribution in [0, 0.1) is 5.92 Å². The summed E-state index contributed by atoms with van der Waals surface area (Å²) in [5, 5.41) is 8.80. The number of carbonyl (C=O) groups excluding carboxylic acids is 1. The third-order valence-corrected chi connectivity index (χ3v) is 5.88. The lowest BCUT2D eigenvalue weighted by Crippen LogP contribution is -2.45. The molecule has 1 amide bonds. The Morgan fingerprint density at radius 2 is 1.97 bits per heavy atom. The van der Waals surface area contributed by atoms with E-state index in [1.165, 1.54) is 38.2 Å². The maximum absolute atomic E-state index is 13.1. The minimum absolute atomic E-state index is 0.00588. The van der Waals surface area contributed by atoms with E-state index in [9.17, 15) is 9.59 Å². The average molecular weight is 430 g/mol. The van der Waals surface area contributed by atoms with Gasteiger partial charge in [-0.1, -0.05) is 19.3 Å². The molecule has 3 rings (SSSR count). The highest BCUT2D eigenvalue weighted by atomic mass is 16.6. The van der Waals surface area contributed by atoms with Gasteiger partial charge in [-0.25, -0.2) is 14.6 Å². The first kappa shape index (κ1) is 23.3. The van der Waals surface area contributed by atoms with Crippen LogP contribution in [0.4, 0.5) is 10.6 Å². The molecule has 0 bridgehead atoms. The van der Waals surface area contributed by atoms with Crippen molar-refractivity contribution in [2.45, 2.75) is 70.9 Å². The Labute approximate surface area is 185 Å². The maximum atomic E-state index is 13.1. The second kappa shape index (κ2) is 10.3. The predicted molar refractivity (Wildman–Crippen MR) is 121 cm³/mol. The van der Waals surface area contributed by atoms with E-state index in [0.29, 0.717) is 11.4 Å². The number of aliphatic carboxylic acids is 1. The number of amides is 1. The number of rotatable bonds is 6. The topological polar surface area (TPSA) is 83.0 Å². The number of likely N-dealkylation sites (tertiary alicyclic amines) is 1. The third-order valence-electron chi connectivity index (χ3n) is 5.88. The summed E-state index contributed by atoms with van der Waals surface area (Å²) in [7, 11) is 0. The Kier molecular flexibility index (Phi) is 7.70. The Balaban J connectivity index is 1.73. The van der Waals surface area contributed by atoms with Crippen LogP contribution < -0.4 is 4.90 Å². The lowest BCUT2D eigenvalue weighted by atomic mass is 9.89. The summed E-state index contributed by atoms with van der Waals surface area (Å²) in [4.78, 5) is 32.4. The number of aromatic nitrogens is 1. The van der Waals surface area contributed by atoms with Gasteiger partial charge in [-0.15, -0.1) is 0 Å². The number of hydrogen-bond donors (Lipinski definition) is 1. The van der Waals surface area contributed by atoms with Gasteiger partial charge in [0.2, 0.25) is 0 Å². The SMILES string of the molecule is CC(C)(C)OC(=O)N(c1ccc(/C=C/C(=O)O)cn1)[C@@H]1CCN(CC2CCCCC2)C1. The molecule has 7 heteroatoms. The number of hydrogen-bond acceptors (Lipinski definition) is 5. The Bertz CT molecular complexity index is 779. The largest absolute Gasteiger partial charge is 0.478 e. The molecular formula is C24H35N3O4. The molecule has 1 atom stereocenters. The summed E-state index contributed by atoms with van der Waals surface area (Å²) >= 11 is 0. The first-order chi connectivity index (χ1) is 14.7. The molecule has 1 aliphatic carbocycles. The van der Waals surface area contributed by atoms with E-state index >= 15 is 0 Å². The van der Waals surface area contributed by atoms with Crippen LogP contribution in [-0.4, -0.2) is 58.3 Å². The molecule has 31 heavy (non-hydrogen) atoms. The molecular weight excluding hydrogens is 394 g/mol. The summed E-state index contributed by atoms with van der Waals surface area (Å²) in [6.07, 6.45) is 11.3. The Morgan fingerprint density at radius 1 is 1.23 bits per heavy atom. The summed E-state index contributed by atoms with van der Waals surface area (Å²) in [6.45, 7) is 8.48. The standard InChI is InChI=1S/C24H35N3O4/c1-24(2,3)31-23(30)27(21-11-9-18(15-25-21)10-12-22(28)29)20-13-14-26(17-20)16-19-7-5-4-6-8-19/h9-12,15,19-20H,4-8,13-14,16-17H2,1-3H3,(H,28,29)/b12-10+/t20-/m1/s1. The normalized spacial score (nSPS) is 20.8. The number of carboxylic acid groups (broad SMARTS) is 1. The van der Waals surface area contributed by atoms with Gasteiger partial charge in [0.1, 0.15) is 11.4 Å². The van der Waals surface area contributed by atoms with Gasteiger partial charge in [0.25, 0.3) is 0 Å². The molecule has 0 unspecified atom stereocenters. The van der Waals surface area contributed by atoms with Crippen LogP contribution in [0.15, 0.2) is 24.4 Å². The van der Waals surface area contributed by atoms with Crippen molar-refractivity contribution < 1.29 is 19.4 Å². The van der Waals surface area contributed by atoms with Crippen molar-refractivity contribution in [1.82, 2.24) is 9.88 Å². The van der Waals surface area contributed by atoms with Crippen LogP contribution in [0.2, 0.25) is 0 Å². The molecule has 0 radical (unpaired) electrons. The van der Waals surface area contributed by atoms with Crippen LogP contribution in [0.3, 0.4) is 0 Å². The van der Waals surface area contributed by atoms with E-state index in [0.717, 1.165) is 38.0 Å². The molecule has 1 aromatic rings. The van der Waals surface area contributed by atoms with Crippen LogP contribution >= 0.6 is 0 Å². The number of carboxylic acids is 1. The van der Waals surface area contributed by atoms with Gasteiger partial charge in [-0.2, -0.15) is 0 Å². The maximum Gasteiger partial charge on any atom is 0.416 e. The van der Waals surface area contributed by atoms with Crippen molar-refractivity contribution in [2.24, 2.45) is 5.92 Å². The number of nitrogens with zero attached hydrogens (tertiary/aromatic N) is 3. The molecule has 0 spiro atoms. The lowest BCUT2D eigenvalue weighted by Gasteiger charge is -2.31. The van der Waals surface area contributed by atoms with Crippen molar-refractivity contribution in [2.75, 3.05) is 24.5 Å². The van der Waals surface area contributed by atoms with Gasteiger partial charge in [0, 0.05) is 31.9 Å². The van der Waals surface area contributed by atoms with Gasteiger partial charge in [0.05, 0.1) is 6.04 Å². The van der Waals surface area contributed by atoms with Gasteiger partial charge in [-0.05, 0) is 69.7 Å². The summed E-state index contributed by atoms with van der Waals surface area (Å²) < 4.78 is 5.70. The van der Waals surface area contributed by atoms with Crippen LogP contribution in [0.1, 0.15) is 64.9 Å². The molecule has 1 aliphatic heterocycles. The highest BCUT2D eigenvalue weighted by Crippen LogP contribution is 2.28. The second-order valence-corrected chi connectivity index (χ2v) is 9.68. The molecule has 170 valence electrons. The van der Waals surface area contributed by atoms with E-state index in [1.807, 2.05) is 20.8 Å². The number of pyridine rings is 1. The Hall–Kier alpha value is -2.41. The quantitative estimate of drug-likeness (QED) is 0.667. The fourth-order valence-electron chi connectivity index (χ4n) is 4.47. The minimum atomic E-state index is -1.01. The molecule has 7 nitrogen and oxygen atoms in total. The highest BCUT2D eigenvalue weighted by molar-refractivity contribution is 5.88. The number of carbonyl (C=O) groups is 2. The predicted octanol–water partition coefficient (Wildman–Crippen LogP) is 4.58. The van der Waals surface area contributed by atoms with Crippen molar-refractivity contribution in [3.8, 4) is 0 Å². The highest BCUT2D eigenvalue weighted by Gasteiger charge is 2.35. The van der Waals surface area contributed by atoms with Crippen molar-refractivity contribution >= 4 is 24.0 Å². The number of ether oxygens (including phenoxy) is 1. The van der Waals surface area contributed by atoms with Crippen molar-refractivity contribution in [3.05, 3.63) is 30.0 Å². The first-order valence-corrected chi connectivity index (χ1v) is 11.3. The Morgan fingerprint density at radius 3 is 2.58 bits per heavy atom. The van der Waals surface area contributed by atoms with E-state index in [-0.39, 0.29) is 6.04 Å². The molecule has 2 fully saturated rings. The number of anilines is 1. The van der Waals surface area contributed by atoms with E-state index in [1.54, 1.807) is 23.2 Å². The summed E-state index contributed by atoms with van der Waals surface area (Å²) in [6, 6.07) is 3.54. The average Bonchev–Trinajstić information content (AvgIpc) is 3.14. The third kappa shape index (κ3) is 7.06. The van der Waals surface area contributed by atoms with Crippen LogP contribution in [0.5, 0.6) is 0 Å². The zero-order valence-corrected chi connectivity index (χ0v) is 18.9. The van der Waals surface area contributed by atoms with Gasteiger partial charge >= 0.3 is 12.1 Å². The fourth-order valence-corrected chi connectivity index (χ4v) is 4.47. The molecule has 1 N–H and O–H groups in total. The van der Waals surface area contributed by atoms with Gasteiger partial charge in [-0.3, -0.25) is 4.90 Å². The zero-order chi connectivity index (χ0) is 22.4. The molecule has 0 aromatic carbocycles. The first-order valence-electron chi connectivity index (χ1n) is 11.3.